The molecule has 166 valence electrons. The van der Waals surface area contributed by atoms with Gasteiger partial charge in [0.2, 0.25) is 5.91 Å². The van der Waals surface area contributed by atoms with E-state index in [1.54, 1.807) is 29.1 Å². The minimum Gasteiger partial charge on any atom is -0.353 e. The average Bonchev–Trinajstić information content (AvgIpc) is 3.32. The van der Waals surface area contributed by atoms with Gasteiger partial charge < -0.3 is 5.32 Å². The van der Waals surface area contributed by atoms with Gasteiger partial charge >= 0.3 is 0 Å². The molecule has 0 aliphatic heterocycles. The summed E-state index contributed by atoms with van der Waals surface area (Å²) in [5.41, 5.74) is 3.26. The third-order valence-corrected chi connectivity index (χ3v) is 6.27. The summed E-state index contributed by atoms with van der Waals surface area (Å²) in [4.78, 5) is 31.0. The molecule has 1 aromatic carbocycles. The summed E-state index contributed by atoms with van der Waals surface area (Å²) in [5, 5.41) is 9.33. The standard InChI is InChI=1S/C23H24FN5O2S/c1-5-13(2)25-20(30)11-18-12-32-23-26-15(4)21(22(31)28(18)23)19-10-14(3)29(27-19)17-8-6-16(24)7-9-17/h6-10,12-13H,5,11H2,1-4H3,(H,25,30). The van der Waals surface area contributed by atoms with Gasteiger partial charge in [0.15, 0.2) is 4.96 Å². The third kappa shape index (κ3) is 4.08. The number of nitrogens with one attached hydrogen (secondary N) is 1. The van der Waals surface area contributed by atoms with E-state index in [9.17, 15) is 14.0 Å². The van der Waals surface area contributed by atoms with Crippen molar-refractivity contribution in [3.8, 4) is 16.9 Å². The molecule has 0 fully saturated rings. The fraction of sp³-hybridized carbons (Fsp3) is 0.304. The first-order chi connectivity index (χ1) is 15.3. The molecule has 0 radical (unpaired) electrons. The fourth-order valence-corrected chi connectivity index (χ4v) is 4.48. The Morgan fingerprint density at radius 3 is 2.66 bits per heavy atom. The van der Waals surface area contributed by atoms with Crippen LogP contribution in [0.4, 0.5) is 4.39 Å². The minimum atomic E-state index is -0.329. The molecule has 0 aliphatic rings. The Morgan fingerprint density at radius 2 is 1.97 bits per heavy atom. The smallest absolute Gasteiger partial charge is 0.268 e. The largest absolute Gasteiger partial charge is 0.353 e. The monoisotopic (exact) mass is 453 g/mol. The Kier molecular flexibility index (Phi) is 5.92. The zero-order valence-electron chi connectivity index (χ0n) is 18.3. The quantitative estimate of drug-likeness (QED) is 0.481. The molecule has 3 aromatic heterocycles. The van der Waals surface area contributed by atoms with Crippen LogP contribution >= 0.6 is 11.3 Å². The summed E-state index contributed by atoms with van der Waals surface area (Å²) in [6.07, 6.45) is 0.925. The lowest BCUT2D eigenvalue weighted by atomic mass is 10.1. The maximum absolute atomic E-state index is 13.5. The number of nitrogens with zero attached hydrogens (tertiary/aromatic N) is 4. The number of aromatic nitrogens is 4. The summed E-state index contributed by atoms with van der Waals surface area (Å²) in [7, 11) is 0. The molecule has 1 amide bonds. The van der Waals surface area contributed by atoms with Crippen LogP contribution in [-0.2, 0) is 11.2 Å². The van der Waals surface area contributed by atoms with Crippen molar-refractivity contribution in [2.75, 3.05) is 0 Å². The van der Waals surface area contributed by atoms with Crippen molar-refractivity contribution in [1.29, 1.82) is 0 Å². The highest BCUT2D eigenvalue weighted by Crippen LogP contribution is 2.23. The molecule has 0 saturated carbocycles. The van der Waals surface area contributed by atoms with E-state index >= 15 is 0 Å². The van der Waals surface area contributed by atoms with E-state index in [-0.39, 0.29) is 29.7 Å². The molecule has 0 aliphatic carbocycles. The van der Waals surface area contributed by atoms with E-state index in [2.05, 4.69) is 15.4 Å². The van der Waals surface area contributed by atoms with Gasteiger partial charge in [-0.2, -0.15) is 5.10 Å². The molecular weight excluding hydrogens is 429 g/mol. The summed E-state index contributed by atoms with van der Waals surface area (Å²) in [6.45, 7) is 7.59. The van der Waals surface area contributed by atoms with Crippen molar-refractivity contribution < 1.29 is 9.18 Å². The Hall–Kier alpha value is -3.33. The van der Waals surface area contributed by atoms with Gasteiger partial charge in [-0.1, -0.05) is 6.92 Å². The van der Waals surface area contributed by atoms with Gasteiger partial charge in [-0.3, -0.25) is 14.0 Å². The molecular formula is C23H24FN5O2S. The molecule has 0 bridgehead atoms. The number of hydrogen-bond acceptors (Lipinski definition) is 5. The van der Waals surface area contributed by atoms with Crippen LogP contribution in [0.2, 0.25) is 0 Å². The Balaban J connectivity index is 1.77. The predicted molar refractivity (Wildman–Crippen MR) is 123 cm³/mol. The number of rotatable bonds is 6. The van der Waals surface area contributed by atoms with Gasteiger partial charge in [0.05, 0.1) is 23.4 Å². The topological polar surface area (TPSA) is 81.3 Å². The number of amides is 1. The predicted octanol–water partition coefficient (Wildman–Crippen LogP) is 3.82. The molecule has 4 aromatic rings. The lowest BCUT2D eigenvalue weighted by molar-refractivity contribution is -0.121. The van der Waals surface area contributed by atoms with Gasteiger partial charge in [0.25, 0.3) is 5.56 Å². The first-order valence-electron chi connectivity index (χ1n) is 10.4. The Labute approximate surface area is 188 Å². The van der Waals surface area contributed by atoms with Crippen LogP contribution < -0.4 is 10.9 Å². The van der Waals surface area contributed by atoms with Crippen molar-refractivity contribution >= 4 is 22.2 Å². The van der Waals surface area contributed by atoms with Crippen LogP contribution in [0.25, 0.3) is 21.9 Å². The third-order valence-electron chi connectivity index (χ3n) is 5.40. The zero-order valence-corrected chi connectivity index (χ0v) is 19.2. The molecule has 9 heteroatoms. The first kappa shape index (κ1) is 21.9. The van der Waals surface area contributed by atoms with Crippen LogP contribution in [0.5, 0.6) is 0 Å². The molecule has 1 atom stereocenters. The normalized spacial score (nSPS) is 12.3. The molecule has 3 heterocycles. The highest BCUT2D eigenvalue weighted by molar-refractivity contribution is 7.15. The van der Waals surface area contributed by atoms with Crippen molar-refractivity contribution in [3.63, 3.8) is 0 Å². The number of carbonyl (C=O) groups is 1. The summed E-state index contributed by atoms with van der Waals surface area (Å²) in [5.74, 6) is -0.464. The number of carbonyl (C=O) groups excluding carboxylic acids is 1. The SMILES string of the molecule is CCC(C)NC(=O)Cc1csc2nc(C)c(-c3cc(C)n(-c4ccc(F)cc4)n3)c(=O)n12. The van der Waals surface area contributed by atoms with E-state index in [0.717, 1.165) is 12.1 Å². The minimum absolute atomic E-state index is 0.0680. The molecule has 0 spiro atoms. The second-order valence-electron chi connectivity index (χ2n) is 7.84. The van der Waals surface area contributed by atoms with E-state index < -0.39 is 0 Å². The number of benzene rings is 1. The van der Waals surface area contributed by atoms with Crippen LogP contribution in [-0.4, -0.2) is 31.1 Å². The van der Waals surface area contributed by atoms with Gasteiger partial charge in [-0.15, -0.1) is 11.3 Å². The number of fused-ring (bicyclic) bond motifs is 1. The maximum Gasteiger partial charge on any atom is 0.268 e. The molecule has 1 unspecified atom stereocenters. The van der Waals surface area contributed by atoms with Crippen molar-refractivity contribution in [2.45, 2.75) is 46.6 Å². The van der Waals surface area contributed by atoms with Crippen molar-refractivity contribution in [2.24, 2.45) is 0 Å². The van der Waals surface area contributed by atoms with Crippen LogP contribution in [0, 0.1) is 19.7 Å². The fourth-order valence-electron chi connectivity index (χ4n) is 3.56. The first-order valence-corrected chi connectivity index (χ1v) is 11.3. The highest BCUT2D eigenvalue weighted by atomic mass is 32.1. The number of hydrogen-bond donors (Lipinski definition) is 1. The van der Waals surface area contributed by atoms with Crippen molar-refractivity contribution in [1.82, 2.24) is 24.5 Å². The lowest BCUT2D eigenvalue weighted by Gasteiger charge is -2.11. The van der Waals surface area contributed by atoms with Crippen LogP contribution in [0.3, 0.4) is 0 Å². The van der Waals surface area contributed by atoms with E-state index in [4.69, 9.17) is 0 Å². The summed E-state index contributed by atoms with van der Waals surface area (Å²) in [6, 6.07) is 7.87. The molecule has 4 rings (SSSR count). The molecule has 32 heavy (non-hydrogen) atoms. The summed E-state index contributed by atoms with van der Waals surface area (Å²) < 4.78 is 16.5. The van der Waals surface area contributed by atoms with Gasteiger partial charge in [0.1, 0.15) is 11.5 Å². The molecule has 1 N–H and O–H groups in total. The van der Waals surface area contributed by atoms with E-state index in [1.807, 2.05) is 26.8 Å². The van der Waals surface area contributed by atoms with Gasteiger partial charge in [-0.05, 0) is 57.5 Å². The number of halogens is 1. The second-order valence-corrected chi connectivity index (χ2v) is 8.67. The zero-order chi connectivity index (χ0) is 23.0. The highest BCUT2D eigenvalue weighted by Gasteiger charge is 2.20. The Morgan fingerprint density at radius 1 is 1.25 bits per heavy atom. The van der Waals surface area contributed by atoms with Crippen LogP contribution in [0.15, 0.2) is 40.5 Å². The van der Waals surface area contributed by atoms with Crippen LogP contribution in [0.1, 0.15) is 37.4 Å². The van der Waals surface area contributed by atoms with E-state index in [1.165, 1.54) is 27.9 Å². The van der Waals surface area contributed by atoms with E-state index in [0.29, 0.717) is 33.3 Å². The maximum atomic E-state index is 13.5. The number of aryl methyl sites for hydroxylation is 2. The molecule has 0 saturated heterocycles. The average molecular weight is 454 g/mol. The number of thiazole rings is 1. The lowest BCUT2D eigenvalue weighted by Crippen LogP contribution is -2.34. The second kappa shape index (κ2) is 8.66. The summed E-state index contributed by atoms with van der Waals surface area (Å²) >= 11 is 1.33. The van der Waals surface area contributed by atoms with Gasteiger partial charge in [-0.25, -0.2) is 14.1 Å². The Bertz CT molecular complexity index is 1350. The molecule has 7 nitrogen and oxygen atoms in total. The van der Waals surface area contributed by atoms with Crippen molar-refractivity contribution in [3.05, 3.63) is 69.0 Å². The van der Waals surface area contributed by atoms with Gasteiger partial charge in [0, 0.05) is 22.8 Å².